The monoisotopic (exact) mass is 421 g/mol. The van der Waals surface area contributed by atoms with Crippen molar-refractivity contribution in [2.75, 3.05) is 5.32 Å². The van der Waals surface area contributed by atoms with Crippen LogP contribution in [0, 0.1) is 17.6 Å². The summed E-state index contributed by atoms with van der Waals surface area (Å²) in [6.45, 7) is 2.13. The Labute approximate surface area is 179 Å². The third-order valence-corrected chi connectivity index (χ3v) is 6.43. The highest BCUT2D eigenvalue weighted by Crippen LogP contribution is 2.40. The van der Waals surface area contributed by atoms with E-state index >= 15 is 0 Å². The number of pyridine rings is 1. The summed E-state index contributed by atoms with van der Waals surface area (Å²) >= 11 is 0. The zero-order valence-electron chi connectivity index (χ0n) is 17.4. The fraction of sp³-hybridized carbons (Fsp3) is 0.360. The zero-order valence-corrected chi connectivity index (χ0v) is 17.4. The lowest BCUT2D eigenvalue weighted by atomic mass is 9.76. The number of fused-ring (bicyclic) bond motifs is 2. The van der Waals surface area contributed by atoms with Gasteiger partial charge in [-0.1, -0.05) is 0 Å². The van der Waals surface area contributed by atoms with Gasteiger partial charge in [0.2, 0.25) is 0 Å². The molecule has 0 bridgehead atoms. The highest BCUT2D eigenvalue weighted by molar-refractivity contribution is 5.82. The van der Waals surface area contributed by atoms with E-state index in [-0.39, 0.29) is 17.7 Å². The molecule has 1 atom stereocenters. The molecule has 1 unspecified atom stereocenters. The molecule has 31 heavy (non-hydrogen) atoms. The van der Waals surface area contributed by atoms with Crippen LogP contribution in [0.4, 0.5) is 14.8 Å². The molecule has 1 aliphatic rings. The third-order valence-electron chi connectivity index (χ3n) is 6.43. The maximum Gasteiger partial charge on any atom is 0.295 e. The molecule has 0 aliphatic heterocycles. The SMILES string of the molecule is CC(C[C@H]1CC[C@@H](c2ccnc3ccc(F)cc32)CC1)Nc1nc2ccc(F)cc2o1. The normalized spacial score (nSPS) is 20.2. The van der Waals surface area contributed by atoms with Crippen LogP contribution in [-0.4, -0.2) is 16.0 Å². The van der Waals surface area contributed by atoms with Crippen LogP contribution in [0.2, 0.25) is 0 Å². The Kier molecular flexibility index (Phi) is 5.30. The fourth-order valence-electron chi connectivity index (χ4n) is 4.93. The summed E-state index contributed by atoms with van der Waals surface area (Å²) in [4.78, 5) is 8.78. The highest BCUT2D eigenvalue weighted by Gasteiger charge is 2.25. The smallest absolute Gasteiger partial charge is 0.295 e. The van der Waals surface area contributed by atoms with Gasteiger partial charge < -0.3 is 9.73 Å². The molecule has 160 valence electrons. The first-order valence-corrected chi connectivity index (χ1v) is 10.9. The number of aromatic nitrogens is 2. The lowest BCUT2D eigenvalue weighted by Gasteiger charge is -2.31. The molecule has 4 aromatic rings. The Hall–Kier alpha value is -3.02. The summed E-state index contributed by atoms with van der Waals surface area (Å²) < 4.78 is 32.8. The summed E-state index contributed by atoms with van der Waals surface area (Å²) in [6.07, 6.45) is 7.30. The molecule has 5 rings (SSSR count). The molecular weight excluding hydrogens is 396 g/mol. The standard InChI is InChI=1S/C25H25F2N3O/c1-15(29-25-30-23-9-7-19(27)14-24(23)31-25)12-16-2-4-17(5-3-16)20-10-11-28-22-8-6-18(26)13-21(20)22/h6-11,13-17H,2-5,12H2,1H3,(H,29,30)/t15?,16-,17+. The maximum absolute atomic E-state index is 13.8. The van der Waals surface area contributed by atoms with Crippen molar-refractivity contribution in [3.8, 4) is 0 Å². The molecule has 1 fully saturated rings. The number of halogens is 2. The molecule has 0 saturated heterocycles. The van der Waals surface area contributed by atoms with Gasteiger partial charge in [-0.3, -0.25) is 4.98 Å². The van der Waals surface area contributed by atoms with Crippen LogP contribution >= 0.6 is 0 Å². The van der Waals surface area contributed by atoms with E-state index in [9.17, 15) is 8.78 Å². The summed E-state index contributed by atoms with van der Waals surface area (Å²) in [7, 11) is 0. The van der Waals surface area contributed by atoms with Crippen molar-refractivity contribution in [3.63, 3.8) is 0 Å². The molecular formula is C25H25F2N3O. The first-order chi connectivity index (χ1) is 15.0. The summed E-state index contributed by atoms with van der Waals surface area (Å²) in [5.74, 6) is 0.520. The number of nitrogens with one attached hydrogen (secondary N) is 1. The Morgan fingerprint density at radius 3 is 2.55 bits per heavy atom. The zero-order chi connectivity index (χ0) is 21.4. The molecule has 2 aromatic carbocycles. The molecule has 1 saturated carbocycles. The van der Waals surface area contributed by atoms with Gasteiger partial charge in [0.15, 0.2) is 5.58 Å². The lowest BCUT2D eigenvalue weighted by molar-refractivity contribution is 0.301. The Morgan fingerprint density at radius 2 is 1.74 bits per heavy atom. The third kappa shape index (κ3) is 4.24. The fourth-order valence-corrected chi connectivity index (χ4v) is 4.93. The molecule has 0 radical (unpaired) electrons. The van der Waals surface area contributed by atoms with Gasteiger partial charge in [0.1, 0.15) is 17.2 Å². The van der Waals surface area contributed by atoms with Gasteiger partial charge in [0.05, 0.1) is 5.52 Å². The minimum atomic E-state index is -0.329. The molecule has 1 aliphatic carbocycles. The average Bonchev–Trinajstić information content (AvgIpc) is 3.15. The minimum Gasteiger partial charge on any atom is -0.423 e. The average molecular weight is 421 g/mol. The molecule has 4 nitrogen and oxygen atoms in total. The molecule has 2 heterocycles. The van der Waals surface area contributed by atoms with Crippen molar-refractivity contribution in [3.05, 3.63) is 65.9 Å². The van der Waals surface area contributed by atoms with Gasteiger partial charge in [-0.05, 0) is 92.8 Å². The summed E-state index contributed by atoms with van der Waals surface area (Å²) in [5, 5.41) is 4.26. The van der Waals surface area contributed by atoms with E-state index in [1.54, 1.807) is 18.2 Å². The van der Waals surface area contributed by atoms with E-state index in [0.717, 1.165) is 43.0 Å². The van der Waals surface area contributed by atoms with Crippen molar-refractivity contribution in [2.45, 2.75) is 51.0 Å². The molecule has 2 aromatic heterocycles. The highest BCUT2D eigenvalue weighted by atomic mass is 19.1. The predicted molar refractivity (Wildman–Crippen MR) is 118 cm³/mol. The largest absolute Gasteiger partial charge is 0.423 e. The van der Waals surface area contributed by atoms with E-state index in [1.807, 2.05) is 12.3 Å². The molecule has 0 spiro atoms. The van der Waals surface area contributed by atoms with Gasteiger partial charge in [0, 0.05) is 23.7 Å². The first kappa shape index (κ1) is 19.9. The predicted octanol–water partition coefficient (Wildman–Crippen LogP) is 6.82. The topological polar surface area (TPSA) is 51.0 Å². The Morgan fingerprint density at radius 1 is 1.00 bits per heavy atom. The molecule has 6 heteroatoms. The number of benzene rings is 2. The van der Waals surface area contributed by atoms with Crippen LogP contribution in [0.25, 0.3) is 22.0 Å². The van der Waals surface area contributed by atoms with Crippen molar-refractivity contribution in [1.29, 1.82) is 0 Å². The number of oxazole rings is 1. The summed E-state index contributed by atoms with van der Waals surface area (Å²) in [6, 6.07) is 11.9. The van der Waals surface area contributed by atoms with Crippen LogP contribution in [0.5, 0.6) is 0 Å². The minimum absolute atomic E-state index is 0.204. The van der Waals surface area contributed by atoms with Crippen LogP contribution < -0.4 is 5.32 Å². The van der Waals surface area contributed by atoms with Crippen molar-refractivity contribution in [2.24, 2.45) is 5.92 Å². The van der Waals surface area contributed by atoms with E-state index in [2.05, 4.69) is 22.2 Å². The van der Waals surface area contributed by atoms with Gasteiger partial charge in [-0.15, -0.1) is 0 Å². The van der Waals surface area contributed by atoms with Crippen molar-refractivity contribution >= 4 is 28.0 Å². The number of hydrogen-bond donors (Lipinski definition) is 1. The van der Waals surface area contributed by atoms with E-state index < -0.39 is 0 Å². The maximum atomic E-state index is 13.8. The van der Waals surface area contributed by atoms with Crippen molar-refractivity contribution in [1.82, 2.24) is 9.97 Å². The van der Waals surface area contributed by atoms with Gasteiger partial charge in [0.25, 0.3) is 6.01 Å². The van der Waals surface area contributed by atoms with E-state index in [1.165, 1.54) is 23.8 Å². The summed E-state index contributed by atoms with van der Waals surface area (Å²) in [5.41, 5.74) is 3.18. The lowest BCUT2D eigenvalue weighted by Crippen LogP contribution is -2.23. The Bertz CT molecular complexity index is 1210. The Balaban J connectivity index is 1.20. The van der Waals surface area contributed by atoms with Gasteiger partial charge in [-0.2, -0.15) is 4.98 Å². The quantitative estimate of drug-likeness (QED) is 0.384. The molecule has 1 N–H and O–H groups in total. The number of nitrogens with zero attached hydrogens (tertiary/aromatic N) is 2. The number of anilines is 1. The van der Waals surface area contributed by atoms with E-state index in [0.29, 0.717) is 29.0 Å². The van der Waals surface area contributed by atoms with Crippen molar-refractivity contribution < 1.29 is 13.2 Å². The van der Waals surface area contributed by atoms with E-state index in [4.69, 9.17) is 4.42 Å². The second kappa shape index (κ2) is 8.25. The van der Waals surface area contributed by atoms with Crippen LogP contribution in [0.15, 0.2) is 53.1 Å². The second-order valence-electron chi connectivity index (χ2n) is 8.69. The van der Waals surface area contributed by atoms with Gasteiger partial charge >= 0.3 is 0 Å². The molecule has 0 amide bonds. The number of hydrogen-bond acceptors (Lipinski definition) is 4. The number of rotatable bonds is 5. The van der Waals surface area contributed by atoms with Crippen LogP contribution in [-0.2, 0) is 0 Å². The first-order valence-electron chi connectivity index (χ1n) is 10.9. The second-order valence-corrected chi connectivity index (χ2v) is 8.69. The van der Waals surface area contributed by atoms with Gasteiger partial charge in [-0.25, -0.2) is 8.78 Å². The van der Waals surface area contributed by atoms with Crippen LogP contribution in [0.3, 0.4) is 0 Å². The van der Waals surface area contributed by atoms with Crippen LogP contribution in [0.1, 0.15) is 50.5 Å².